The molecule has 7 nitrogen and oxygen atoms in total. The van der Waals surface area contributed by atoms with Gasteiger partial charge >= 0.3 is 10.4 Å². The van der Waals surface area contributed by atoms with Crippen LogP contribution >= 0.6 is 0 Å². The summed E-state index contributed by atoms with van der Waals surface area (Å²) in [5, 5.41) is 2.62. The summed E-state index contributed by atoms with van der Waals surface area (Å²) in [7, 11) is -0.0631. The van der Waals surface area contributed by atoms with Crippen molar-refractivity contribution in [3.8, 4) is 0 Å². The SMILES string of the molecule is C=CC(=O)NCCC.CCN(C)C.CCOS(=O)(=O)O. The van der Waals surface area contributed by atoms with Gasteiger partial charge in [0, 0.05) is 6.54 Å². The van der Waals surface area contributed by atoms with Crippen LogP contribution in [0.3, 0.4) is 0 Å². The van der Waals surface area contributed by atoms with E-state index in [9.17, 15) is 13.2 Å². The fourth-order valence-electron chi connectivity index (χ4n) is 0.469. The molecule has 0 spiro atoms. The fourth-order valence-corrected chi connectivity index (χ4v) is 0.767. The van der Waals surface area contributed by atoms with Gasteiger partial charge in [-0.05, 0) is 40.1 Å². The summed E-state index contributed by atoms with van der Waals surface area (Å²) >= 11 is 0. The summed E-state index contributed by atoms with van der Waals surface area (Å²) in [6, 6.07) is 0. The van der Waals surface area contributed by atoms with Gasteiger partial charge in [0.25, 0.3) is 0 Å². The Morgan fingerprint density at radius 2 is 1.80 bits per heavy atom. The highest BCUT2D eigenvalue weighted by Crippen LogP contribution is 1.81. The van der Waals surface area contributed by atoms with Crippen molar-refractivity contribution in [1.29, 1.82) is 0 Å². The Labute approximate surface area is 122 Å². The predicted molar refractivity (Wildman–Crippen MR) is 80.9 cm³/mol. The number of nitrogens with zero attached hydrogens (tertiary/aromatic N) is 1. The lowest BCUT2D eigenvalue weighted by Gasteiger charge is -2.00. The van der Waals surface area contributed by atoms with E-state index in [-0.39, 0.29) is 12.5 Å². The first-order valence-corrected chi connectivity index (χ1v) is 7.67. The molecule has 0 aromatic heterocycles. The van der Waals surface area contributed by atoms with Crippen LogP contribution in [0, 0.1) is 0 Å². The number of carbonyl (C=O) groups excluding carboxylic acids is 1. The van der Waals surface area contributed by atoms with Crippen LogP contribution < -0.4 is 5.32 Å². The molecule has 20 heavy (non-hydrogen) atoms. The molecule has 0 rings (SSSR count). The lowest BCUT2D eigenvalue weighted by Crippen LogP contribution is -2.20. The Hall–Kier alpha value is -0.960. The Morgan fingerprint density at radius 3 is 1.95 bits per heavy atom. The summed E-state index contributed by atoms with van der Waals surface area (Å²) in [5.74, 6) is -0.0909. The minimum atomic E-state index is -4.17. The quantitative estimate of drug-likeness (QED) is 0.563. The van der Waals surface area contributed by atoms with E-state index < -0.39 is 10.4 Å². The third-order valence-corrected chi connectivity index (χ3v) is 2.17. The molecule has 0 aliphatic rings. The maximum atomic E-state index is 10.3. The van der Waals surface area contributed by atoms with E-state index in [2.05, 4.69) is 42.0 Å². The van der Waals surface area contributed by atoms with Gasteiger partial charge in [-0.1, -0.05) is 20.4 Å². The van der Waals surface area contributed by atoms with E-state index >= 15 is 0 Å². The molecule has 0 radical (unpaired) electrons. The van der Waals surface area contributed by atoms with E-state index in [1.54, 1.807) is 0 Å². The van der Waals surface area contributed by atoms with Crippen molar-refractivity contribution in [1.82, 2.24) is 10.2 Å². The molecule has 0 atom stereocenters. The summed E-state index contributed by atoms with van der Waals surface area (Å²) in [6.07, 6.45) is 2.25. The molecule has 0 aromatic carbocycles. The smallest absolute Gasteiger partial charge is 0.353 e. The van der Waals surface area contributed by atoms with Gasteiger partial charge in [0.15, 0.2) is 0 Å². The topological polar surface area (TPSA) is 95.9 Å². The highest BCUT2D eigenvalue weighted by atomic mass is 32.3. The predicted octanol–water partition coefficient (Wildman–Crippen LogP) is 1.09. The summed E-state index contributed by atoms with van der Waals surface area (Å²) in [6.45, 7) is 10.7. The van der Waals surface area contributed by atoms with Gasteiger partial charge in [0.1, 0.15) is 0 Å². The standard InChI is InChI=1S/C6H11NO.C4H11N.C2H6O4S/c1-3-5-7-6(8)4-2;1-4-5(2)3;1-2-6-7(3,4)5/h4H,2-3,5H2,1H3,(H,7,8);4H2,1-3H3;2H2,1H3,(H,3,4,5). The zero-order valence-corrected chi connectivity index (χ0v) is 13.9. The Morgan fingerprint density at radius 1 is 1.35 bits per heavy atom. The van der Waals surface area contributed by atoms with Crippen LogP contribution in [-0.2, 0) is 19.4 Å². The van der Waals surface area contributed by atoms with E-state index in [1.807, 2.05) is 6.92 Å². The minimum Gasteiger partial charge on any atom is -0.353 e. The Bertz CT molecular complexity index is 329. The van der Waals surface area contributed by atoms with Crippen molar-refractivity contribution in [3.63, 3.8) is 0 Å². The van der Waals surface area contributed by atoms with Gasteiger partial charge in [-0.2, -0.15) is 8.42 Å². The van der Waals surface area contributed by atoms with Crippen molar-refractivity contribution in [3.05, 3.63) is 12.7 Å². The lowest BCUT2D eigenvalue weighted by molar-refractivity contribution is -0.116. The Kier molecular flexibility index (Phi) is 19.4. The molecule has 0 aromatic rings. The molecule has 8 heteroatoms. The molecule has 0 bridgehead atoms. The monoisotopic (exact) mass is 312 g/mol. The summed E-state index contributed by atoms with van der Waals surface area (Å²) < 4.78 is 30.7. The molecule has 0 unspecified atom stereocenters. The molecule has 1 amide bonds. The van der Waals surface area contributed by atoms with Gasteiger partial charge < -0.3 is 10.2 Å². The molecule has 0 aliphatic heterocycles. The van der Waals surface area contributed by atoms with Crippen molar-refractivity contribution in [2.75, 3.05) is 33.8 Å². The normalized spacial score (nSPS) is 9.75. The average molecular weight is 312 g/mol. The number of hydrogen-bond acceptors (Lipinski definition) is 5. The number of hydrogen-bond donors (Lipinski definition) is 2. The molecule has 0 fully saturated rings. The molecular formula is C12H28N2O5S. The van der Waals surface area contributed by atoms with Gasteiger partial charge in [-0.15, -0.1) is 0 Å². The lowest BCUT2D eigenvalue weighted by atomic mass is 10.4. The maximum absolute atomic E-state index is 10.3. The molecule has 0 saturated carbocycles. The highest BCUT2D eigenvalue weighted by molar-refractivity contribution is 7.80. The minimum absolute atomic E-state index is 0.0289. The zero-order valence-electron chi connectivity index (χ0n) is 13.0. The van der Waals surface area contributed by atoms with Crippen LogP contribution in [0.1, 0.15) is 27.2 Å². The van der Waals surface area contributed by atoms with E-state index in [4.69, 9.17) is 4.55 Å². The molecule has 0 aliphatic carbocycles. The number of carbonyl (C=O) groups is 1. The second kappa shape index (κ2) is 16.1. The van der Waals surface area contributed by atoms with Crippen molar-refractivity contribution in [2.45, 2.75) is 27.2 Å². The third kappa shape index (κ3) is 36.0. The summed E-state index contributed by atoms with van der Waals surface area (Å²) in [4.78, 5) is 12.5. The van der Waals surface area contributed by atoms with Gasteiger partial charge in [0.05, 0.1) is 6.61 Å². The van der Waals surface area contributed by atoms with Gasteiger partial charge in [-0.3, -0.25) is 9.35 Å². The zero-order chi connectivity index (χ0) is 16.6. The molecule has 122 valence electrons. The van der Waals surface area contributed by atoms with Gasteiger partial charge in [0.2, 0.25) is 5.91 Å². The molecule has 0 saturated heterocycles. The molecule has 2 N–H and O–H groups in total. The fraction of sp³-hybridized carbons (Fsp3) is 0.750. The van der Waals surface area contributed by atoms with Crippen LogP contribution in [-0.4, -0.2) is 57.6 Å². The van der Waals surface area contributed by atoms with Crippen LogP contribution in [0.2, 0.25) is 0 Å². The molecular weight excluding hydrogens is 284 g/mol. The third-order valence-electron chi connectivity index (χ3n) is 1.63. The first kappa shape index (κ1) is 24.1. The second-order valence-corrected chi connectivity index (χ2v) is 4.82. The largest absolute Gasteiger partial charge is 0.397 e. The number of rotatable bonds is 6. The van der Waals surface area contributed by atoms with Crippen LogP contribution in [0.5, 0.6) is 0 Å². The van der Waals surface area contributed by atoms with Gasteiger partial charge in [-0.25, -0.2) is 4.18 Å². The maximum Gasteiger partial charge on any atom is 0.397 e. The second-order valence-electron chi connectivity index (χ2n) is 3.73. The van der Waals surface area contributed by atoms with Crippen molar-refractivity contribution >= 4 is 16.3 Å². The number of nitrogens with one attached hydrogen (secondary N) is 1. The molecule has 0 heterocycles. The van der Waals surface area contributed by atoms with Crippen LogP contribution in [0.4, 0.5) is 0 Å². The first-order chi connectivity index (χ1) is 9.14. The van der Waals surface area contributed by atoms with Crippen LogP contribution in [0.15, 0.2) is 12.7 Å². The van der Waals surface area contributed by atoms with Crippen molar-refractivity contribution < 1.29 is 21.9 Å². The summed E-state index contributed by atoms with van der Waals surface area (Å²) in [5.41, 5.74) is 0. The van der Waals surface area contributed by atoms with E-state index in [0.717, 1.165) is 19.5 Å². The Balaban J connectivity index is -0.000000223. The van der Waals surface area contributed by atoms with Crippen molar-refractivity contribution in [2.24, 2.45) is 0 Å². The van der Waals surface area contributed by atoms with Crippen LogP contribution in [0.25, 0.3) is 0 Å². The van der Waals surface area contributed by atoms with E-state index in [0.29, 0.717) is 0 Å². The first-order valence-electron chi connectivity index (χ1n) is 6.31. The van der Waals surface area contributed by atoms with E-state index in [1.165, 1.54) is 13.0 Å². The highest BCUT2D eigenvalue weighted by Gasteiger charge is 1.98. The number of amides is 1. The average Bonchev–Trinajstić information content (AvgIpc) is 2.35.